The topological polar surface area (TPSA) is 63.2 Å². The van der Waals surface area contributed by atoms with Crippen LogP contribution in [0.25, 0.3) is 33.0 Å². The van der Waals surface area contributed by atoms with Crippen LogP contribution in [0.2, 0.25) is 0 Å². The molecule has 0 saturated heterocycles. The van der Waals surface area contributed by atoms with Gasteiger partial charge in [-0.3, -0.25) is 10.1 Å². The van der Waals surface area contributed by atoms with Crippen LogP contribution < -0.4 is 0 Å². The summed E-state index contributed by atoms with van der Waals surface area (Å²) in [5, 5.41) is 7.85. The molecule has 6 heteroatoms. The first-order valence-corrected chi connectivity index (χ1v) is 8.62. The quantitative estimate of drug-likeness (QED) is 0.558. The fraction of sp³-hybridized carbons (Fsp3) is 0.200. The maximum absolute atomic E-state index is 7.34. The van der Waals surface area contributed by atoms with Crippen LogP contribution in [-0.4, -0.2) is 24.6 Å². The first kappa shape index (κ1) is 14.8. The van der Waals surface area contributed by atoms with Crippen LogP contribution >= 0.6 is 0 Å². The Kier molecular flexibility index (Phi) is 3.16. The third kappa shape index (κ3) is 2.29. The highest BCUT2D eigenvalue weighted by atomic mass is 15.1. The fourth-order valence-electron chi connectivity index (χ4n) is 3.37. The molecular weight excluding hydrogens is 324 g/mol. The van der Waals surface area contributed by atoms with Crippen molar-refractivity contribution in [3.8, 4) is 22.5 Å². The van der Waals surface area contributed by atoms with Gasteiger partial charge >= 0.3 is 0 Å². The van der Waals surface area contributed by atoms with Crippen molar-refractivity contribution in [2.24, 2.45) is 0 Å². The van der Waals surface area contributed by atoms with Gasteiger partial charge in [0.15, 0.2) is 0 Å². The van der Waals surface area contributed by atoms with Crippen molar-refractivity contribution in [2.45, 2.75) is 25.7 Å². The summed E-state index contributed by atoms with van der Waals surface area (Å²) in [5.41, 5.74) is 6.72. The minimum atomic E-state index is 0.508. The summed E-state index contributed by atoms with van der Waals surface area (Å²) in [6.07, 6.45) is 5.94. The summed E-state index contributed by atoms with van der Waals surface area (Å²) in [4.78, 5) is 12.5. The van der Waals surface area contributed by atoms with Gasteiger partial charge in [0, 0.05) is 34.5 Å². The van der Waals surface area contributed by atoms with Gasteiger partial charge in [-0.25, -0.2) is 9.38 Å². The largest absolute Gasteiger partial charge is 0.362 e. The normalized spacial score (nSPS) is 13.8. The standard InChI is InChI=1S/C20H16N6/c1-12-4-3-5-15(23-12)20-18(19(24-25-20)13-6-7-13)14-8-9-16-22-10-17(21-2)26(16)11-14/h3-5,8-11,13H,6-7H2,1H3,(H,24,25). The van der Waals surface area contributed by atoms with E-state index in [1.54, 1.807) is 6.20 Å². The number of hydrogen-bond donors (Lipinski definition) is 1. The zero-order valence-corrected chi connectivity index (χ0v) is 14.3. The molecule has 1 N–H and O–H groups in total. The molecule has 0 bridgehead atoms. The molecule has 1 aliphatic carbocycles. The number of aromatic nitrogens is 5. The Balaban J connectivity index is 1.75. The van der Waals surface area contributed by atoms with E-state index in [1.165, 1.54) is 12.8 Å². The highest BCUT2D eigenvalue weighted by molar-refractivity contribution is 5.82. The van der Waals surface area contributed by atoms with E-state index < -0.39 is 0 Å². The molecule has 4 aromatic heterocycles. The molecule has 4 aromatic rings. The molecule has 5 rings (SSSR count). The number of rotatable bonds is 3. The second-order valence-corrected chi connectivity index (χ2v) is 6.67. The van der Waals surface area contributed by atoms with Crippen molar-refractivity contribution >= 4 is 11.5 Å². The molecule has 0 unspecified atom stereocenters. The highest BCUT2D eigenvalue weighted by Gasteiger charge is 2.31. The zero-order chi connectivity index (χ0) is 17.7. The first-order valence-electron chi connectivity index (χ1n) is 8.62. The number of aryl methyl sites for hydroxylation is 1. The van der Waals surface area contributed by atoms with Crippen LogP contribution in [0.3, 0.4) is 0 Å². The molecule has 0 spiro atoms. The van der Waals surface area contributed by atoms with Crippen molar-refractivity contribution in [1.82, 2.24) is 24.6 Å². The number of pyridine rings is 2. The van der Waals surface area contributed by atoms with E-state index in [-0.39, 0.29) is 0 Å². The van der Waals surface area contributed by atoms with Crippen LogP contribution in [0.1, 0.15) is 30.1 Å². The Morgan fingerprint density at radius 1 is 1.23 bits per heavy atom. The lowest BCUT2D eigenvalue weighted by molar-refractivity contribution is 0.966. The van der Waals surface area contributed by atoms with Crippen molar-refractivity contribution in [2.75, 3.05) is 0 Å². The van der Waals surface area contributed by atoms with E-state index >= 15 is 0 Å². The van der Waals surface area contributed by atoms with Crippen LogP contribution in [0.15, 0.2) is 42.7 Å². The molecule has 1 saturated carbocycles. The lowest BCUT2D eigenvalue weighted by Crippen LogP contribution is -1.92. The molecule has 0 atom stereocenters. The minimum Gasteiger partial charge on any atom is -0.362 e. The Hall–Kier alpha value is -3.46. The van der Waals surface area contributed by atoms with E-state index in [0.29, 0.717) is 11.7 Å². The van der Waals surface area contributed by atoms with E-state index in [1.807, 2.05) is 47.9 Å². The zero-order valence-electron chi connectivity index (χ0n) is 14.3. The van der Waals surface area contributed by atoms with E-state index in [4.69, 9.17) is 6.57 Å². The lowest BCUT2D eigenvalue weighted by Gasteiger charge is -2.06. The third-order valence-electron chi connectivity index (χ3n) is 4.80. The molecule has 4 heterocycles. The minimum absolute atomic E-state index is 0.508. The number of hydrogen-bond acceptors (Lipinski definition) is 3. The van der Waals surface area contributed by atoms with Gasteiger partial charge in [-0.05, 0) is 38.0 Å². The summed E-state index contributed by atoms with van der Waals surface area (Å²) < 4.78 is 1.83. The smallest absolute Gasteiger partial charge is 0.254 e. The Bertz CT molecular complexity index is 1170. The monoisotopic (exact) mass is 340 g/mol. The van der Waals surface area contributed by atoms with E-state index in [9.17, 15) is 0 Å². The Morgan fingerprint density at radius 3 is 2.88 bits per heavy atom. The highest BCUT2D eigenvalue weighted by Crippen LogP contribution is 2.46. The Morgan fingerprint density at radius 2 is 2.12 bits per heavy atom. The number of aromatic amines is 1. The van der Waals surface area contributed by atoms with Crippen molar-refractivity contribution in [3.63, 3.8) is 0 Å². The van der Waals surface area contributed by atoms with Gasteiger partial charge in [0.05, 0.1) is 18.1 Å². The number of nitrogens with zero attached hydrogens (tertiary/aromatic N) is 5. The molecular formula is C20H16N6. The van der Waals surface area contributed by atoms with Gasteiger partial charge in [0.25, 0.3) is 5.82 Å². The predicted molar refractivity (Wildman–Crippen MR) is 99.0 cm³/mol. The average molecular weight is 340 g/mol. The molecule has 26 heavy (non-hydrogen) atoms. The molecule has 0 radical (unpaired) electrons. The van der Waals surface area contributed by atoms with Gasteiger partial charge in [0.2, 0.25) is 5.65 Å². The maximum atomic E-state index is 7.34. The van der Waals surface area contributed by atoms with Crippen LogP contribution in [0, 0.1) is 13.5 Å². The molecule has 6 nitrogen and oxygen atoms in total. The number of H-pyrrole nitrogens is 1. The molecule has 0 aliphatic heterocycles. The lowest BCUT2D eigenvalue weighted by atomic mass is 10.0. The van der Waals surface area contributed by atoms with Crippen LogP contribution in [0.4, 0.5) is 5.82 Å². The van der Waals surface area contributed by atoms with Crippen molar-refractivity contribution in [3.05, 3.63) is 65.5 Å². The summed E-state index contributed by atoms with van der Waals surface area (Å²) in [5.74, 6) is 1.03. The summed E-state index contributed by atoms with van der Waals surface area (Å²) >= 11 is 0. The molecule has 1 fully saturated rings. The first-order chi connectivity index (χ1) is 12.7. The summed E-state index contributed by atoms with van der Waals surface area (Å²) in [6.45, 7) is 9.33. The second-order valence-electron chi connectivity index (χ2n) is 6.67. The molecule has 0 amide bonds. The van der Waals surface area contributed by atoms with Crippen molar-refractivity contribution < 1.29 is 0 Å². The molecule has 0 aromatic carbocycles. The van der Waals surface area contributed by atoms with E-state index in [2.05, 4.69) is 25.0 Å². The van der Waals surface area contributed by atoms with Crippen molar-refractivity contribution in [1.29, 1.82) is 0 Å². The van der Waals surface area contributed by atoms with Crippen LogP contribution in [0.5, 0.6) is 0 Å². The fourth-order valence-corrected chi connectivity index (χ4v) is 3.37. The third-order valence-corrected chi connectivity index (χ3v) is 4.80. The number of fused-ring (bicyclic) bond motifs is 1. The van der Waals surface area contributed by atoms with Gasteiger partial charge in [0.1, 0.15) is 5.69 Å². The SMILES string of the molecule is [C-]#[N+]c1cnc2ccc(-c3c(-c4cccc(C)n4)n[nH]c3C3CC3)cn12. The van der Waals surface area contributed by atoms with Gasteiger partial charge in [-0.1, -0.05) is 12.6 Å². The van der Waals surface area contributed by atoms with E-state index in [0.717, 1.165) is 39.5 Å². The number of imidazole rings is 1. The molecule has 1 aliphatic rings. The average Bonchev–Trinajstić information content (AvgIpc) is 3.27. The van der Waals surface area contributed by atoms with Gasteiger partial charge in [-0.2, -0.15) is 5.10 Å². The van der Waals surface area contributed by atoms with Crippen LogP contribution in [-0.2, 0) is 0 Å². The predicted octanol–water partition coefficient (Wildman–Crippen LogP) is 4.52. The molecule has 126 valence electrons. The summed E-state index contributed by atoms with van der Waals surface area (Å²) in [6, 6.07) is 9.97. The van der Waals surface area contributed by atoms with Gasteiger partial charge in [-0.15, -0.1) is 0 Å². The number of nitrogens with one attached hydrogen (secondary N) is 1. The summed E-state index contributed by atoms with van der Waals surface area (Å²) in [7, 11) is 0. The second kappa shape index (κ2) is 5.53. The maximum Gasteiger partial charge on any atom is 0.254 e. The Labute approximate surface area is 150 Å². The van der Waals surface area contributed by atoms with Gasteiger partial charge < -0.3 is 4.85 Å².